The molecule has 0 radical (unpaired) electrons. The molecule has 1 aliphatic heterocycles. The molecule has 0 spiro atoms. The molecular formula is C23H27ClN2O3. The average Bonchev–Trinajstić information content (AvgIpc) is 2.73. The lowest BCUT2D eigenvalue weighted by molar-refractivity contribution is 0.0600. The third-order valence-corrected chi connectivity index (χ3v) is 5.51. The van der Waals surface area contributed by atoms with Gasteiger partial charge in [0, 0.05) is 30.3 Å². The van der Waals surface area contributed by atoms with E-state index in [4.69, 9.17) is 16.3 Å². The molecule has 154 valence electrons. The van der Waals surface area contributed by atoms with E-state index in [1.165, 1.54) is 13.5 Å². The van der Waals surface area contributed by atoms with Gasteiger partial charge in [-0.2, -0.15) is 0 Å². The Labute approximate surface area is 177 Å². The molecule has 1 atom stereocenters. The van der Waals surface area contributed by atoms with Crippen molar-refractivity contribution in [3.8, 4) is 0 Å². The minimum atomic E-state index is -0.356. The number of halogens is 1. The van der Waals surface area contributed by atoms with E-state index in [0.717, 1.165) is 30.8 Å². The Morgan fingerprint density at radius 2 is 1.97 bits per heavy atom. The van der Waals surface area contributed by atoms with Crippen LogP contribution < -0.4 is 10.2 Å². The average molecular weight is 415 g/mol. The predicted molar refractivity (Wildman–Crippen MR) is 116 cm³/mol. The highest BCUT2D eigenvalue weighted by Crippen LogP contribution is 2.28. The van der Waals surface area contributed by atoms with Gasteiger partial charge < -0.3 is 15.0 Å². The quantitative estimate of drug-likeness (QED) is 0.714. The maximum absolute atomic E-state index is 12.9. The van der Waals surface area contributed by atoms with Crippen LogP contribution in [0.25, 0.3) is 0 Å². The van der Waals surface area contributed by atoms with Crippen molar-refractivity contribution >= 4 is 29.2 Å². The fraction of sp³-hybridized carbons (Fsp3) is 0.391. The van der Waals surface area contributed by atoms with E-state index in [0.29, 0.717) is 35.0 Å². The Bertz CT molecular complexity index is 867. The Hall–Kier alpha value is -2.53. The Balaban J connectivity index is 1.63. The molecule has 1 amide bonds. The third kappa shape index (κ3) is 5.51. The van der Waals surface area contributed by atoms with Gasteiger partial charge in [-0.1, -0.05) is 30.7 Å². The molecule has 1 N–H and O–H groups in total. The van der Waals surface area contributed by atoms with Crippen LogP contribution >= 0.6 is 11.6 Å². The first-order valence-electron chi connectivity index (χ1n) is 9.98. The number of carbonyl (C=O) groups is 2. The van der Waals surface area contributed by atoms with Gasteiger partial charge in [-0.25, -0.2) is 4.79 Å². The van der Waals surface area contributed by atoms with Gasteiger partial charge in [0.1, 0.15) is 0 Å². The second kappa shape index (κ2) is 9.79. The van der Waals surface area contributed by atoms with Crippen molar-refractivity contribution in [1.82, 2.24) is 5.32 Å². The molecule has 0 saturated carbocycles. The topological polar surface area (TPSA) is 58.6 Å². The summed E-state index contributed by atoms with van der Waals surface area (Å²) in [5.74, 6) is 0.139. The number of nitrogens with one attached hydrogen (secondary N) is 1. The fourth-order valence-electron chi connectivity index (χ4n) is 3.72. The summed E-state index contributed by atoms with van der Waals surface area (Å²) in [6.45, 7) is 4.65. The summed E-state index contributed by atoms with van der Waals surface area (Å²) in [7, 11) is 1.36. The Kier molecular flexibility index (Phi) is 7.15. The van der Waals surface area contributed by atoms with Gasteiger partial charge in [0.25, 0.3) is 5.91 Å². The SMILES string of the molecule is COC(=O)c1ccc(CCNC(=O)c2cc(Cl)ccc2N2CCCC(C)C2)cc1. The predicted octanol–water partition coefficient (Wildman–Crippen LogP) is 4.34. The first-order chi connectivity index (χ1) is 14.0. The standard InChI is InChI=1S/C23H27ClN2O3/c1-16-4-3-13-26(15-16)21-10-9-19(24)14-20(21)22(27)25-12-11-17-5-7-18(8-6-17)23(28)29-2/h5-10,14,16H,3-4,11-13,15H2,1-2H3,(H,25,27). The molecule has 5 nitrogen and oxygen atoms in total. The Morgan fingerprint density at radius 1 is 1.21 bits per heavy atom. The van der Waals surface area contributed by atoms with Gasteiger partial charge in [0.2, 0.25) is 0 Å². The molecule has 29 heavy (non-hydrogen) atoms. The zero-order valence-electron chi connectivity index (χ0n) is 16.9. The van der Waals surface area contributed by atoms with Crippen LogP contribution in [-0.4, -0.2) is 38.6 Å². The van der Waals surface area contributed by atoms with Crippen molar-refractivity contribution in [3.63, 3.8) is 0 Å². The number of hydrogen-bond acceptors (Lipinski definition) is 4. The van der Waals surface area contributed by atoms with Crippen molar-refractivity contribution in [2.75, 3.05) is 31.6 Å². The largest absolute Gasteiger partial charge is 0.465 e. The summed E-state index contributed by atoms with van der Waals surface area (Å²) < 4.78 is 4.70. The van der Waals surface area contributed by atoms with E-state index in [-0.39, 0.29) is 11.9 Å². The lowest BCUT2D eigenvalue weighted by atomic mass is 9.98. The highest BCUT2D eigenvalue weighted by Gasteiger charge is 2.21. The number of hydrogen-bond donors (Lipinski definition) is 1. The van der Waals surface area contributed by atoms with E-state index in [1.807, 2.05) is 24.3 Å². The van der Waals surface area contributed by atoms with Gasteiger partial charge in [0.05, 0.1) is 18.2 Å². The van der Waals surface area contributed by atoms with Crippen LogP contribution in [0.15, 0.2) is 42.5 Å². The van der Waals surface area contributed by atoms with E-state index in [2.05, 4.69) is 17.1 Å². The molecule has 1 unspecified atom stereocenters. The highest BCUT2D eigenvalue weighted by atomic mass is 35.5. The smallest absolute Gasteiger partial charge is 0.337 e. The second-order valence-electron chi connectivity index (χ2n) is 7.55. The molecule has 6 heteroatoms. The van der Waals surface area contributed by atoms with Gasteiger partial charge in [-0.3, -0.25) is 4.79 Å². The number of carbonyl (C=O) groups excluding carboxylic acids is 2. The zero-order valence-corrected chi connectivity index (χ0v) is 17.7. The van der Waals surface area contributed by atoms with Crippen molar-refractivity contribution in [3.05, 3.63) is 64.2 Å². The van der Waals surface area contributed by atoms with Crippen LogP contribution in [-0.2, 0) is 11.2 Å². The number of ether oxygens (including phenoxy) is 1. The minimum Gasteiger partial charge on any atom is -0.465 e. The molecule has 3 rings (SSSR count). The fourth-order valence-corrected chi connectivity index (χ4v) is 3.89. The zero-order chi connectivity index (χ0) is 20.8. The van der Waals surface area contributed by atoms with Crippen molar-refractivity contribution in [2.45, 2.75) is 26.2 Å². The van der Waals surface area contributed by atoms with E-state index in [1.54, 1.807) is 18.2 Å². The van der Waals surface area contributed by atoms with Gasteiger partial charge >= 0.3 is 5.97 Å². The molecule has 2 aromatic carbocycles. The van der Waals surface area contributed by atoms with Gasteiger partial charge in [-0.05, 0) is 61.1 Å². The van der Waals surface area contributed by atoms with E-state index in [9.17, 15) is 9.59 Å². The molecule has 2 aromatic rings. The lowest BCUT2D eigenvalue weighted by Gasteiger charge is -2.34. The summed E-state index contributed by atoms with van der Waals surface area (Å²) >= 11 is 6.17. The van der Waals surface area contributed by atoms with Crippen LogP contribution in [0.5, 0.6) is 0 Å². The first-order valence-corrected chi connectivity index (χ1v) is 10.4. The summed E-state index contributed by atoms with van der Waals surface area (Å²) in [6.07, 6.45) is 3.02. The van der Waals surface area contributed by atoms with Crippen LogP contribution in [0.2, 0.25) is 5.02 Å². The maximum atomic E-state index is 12.9. The van der Waals surface area contributed by atoms with Crippen LogP contribution in [0.4, 0.5) is 5.69 Å². The van der Waals surface area contributed by atoms with Crippen molar-refractivity contribution in [1.29, 1.82) is 0 Å². The number of esters is 1. The third-order valence-electron chi connectivity index (χ3n) is 5.28. The van der Waals surface area contributed by atoms with Crippen LogP contribution in [0.3, 0.4) is 0 Å². The summed E-state index contributed by atoms with van der Waals surface area (Å²) in [5.41, 5.74) is 3.11. The molecule has 0 bridgehead atoms. The van der Waals surface area contributed by atoms with Gasteiger partial charge in [-0.15, -0.1) is 0 Å². The highest BCUT2D eigenvalue weighted by molar-refractivity contribution is 6.31. The molecule has 1 heterocycles. The second-order valence-corrected chi connectivity index (χ2v) is 7.99. The molecule has 1 saturated heterocycles. The normalized spacial score (nSPS) is 16.4. The summed E-state index contributed by atoms with van der Waals surface area (Å²) in [6, 6.07) is 12.7. The molecule has 0 aromatic heterocycles. The number of piperidine rings is 1. The maximum Gasteiger partial charge on any atom is 0.337 e. The number of rotatable bonds is 6. The number of benzene rings is 2. The first kappa shape index (κ1) is 21.2. The van der Waals surface area contributed by atoms with Crippen molar-refractivity contribution < 1.29 is 14.3 Å². The lowest BCUT2D eigenvalue weighted by Crippen LogP contribution is -2.36. The number of amides is 1. The van der Waals surface area contributed by atoms with Crippen molar-refractivity contribution in [2.24, 2.45) is 5.92 Å². The number of anilines is 1. The number of nitrogens with zero attached hydrogens (tertiary/aromatic N) is 1. The summed E-state index contributed by atoms with van der Waals surface area (Å²) in [5, 5.41) is 3.56. The van der Waals surface area contributed by atoms with E-state index >= 15 is 0 Å². The Morgan fingerprint density at radius 3 is 2.66 bits per heavy atom. The summed E-state index contributed by atoms with van der Waals surface area (Å²) in [4.78, 5) is 26.6. The molecular weight excluding hydrogens is 388 g/mol. The number of methoxy groups -OCH3 is 1. The van der Waals surface area contributed by atoms with Crippen LogP contribution in [0, 0.1) is 5.92 Å². The van der Waals surface area contributed by atoms with Gasteiger partial charge in [0.15, 0.2) is 0 Å². The monoisotopic (exact) mass is 414 g/mol. The molecule has 1 aliphatic rings. The van der Waals surface area contributed by atoms with Crippen LogP contribution in [0.1, 0.15) is 46.0 Å². The molecule has 0 aliphatic carbocycles. The minimum absolute atomic E-state index is 0.119. The van der Waals surface area contributed by atoms with E-state index < -0.39 is 0 Å². The molecule has 1 fully saturated rings.